The maximum absolute atomic E-state index is 5.53. The van der Waals surface area contributed by atoms with Crippen LogP contribution >= 0.6 is 0 Å². The number of aromatic nitrogens is 2. The van der Waals surface area contributed by atoms with Gasteiger partial charge in [0.25, 0.3) is 0 Å². The Bertz CT molecular complexity index is 1880. The second kappa shape index (κ2) is 7.79. The lowest BCUT2D eigenvalue weighted by Crippen LogP contribution is -2.06. The number of nitrogens with zero attached hydrogens (tertiary/aromatic N) is 2. The zero-order chi connectivity index (χ0) is 25.9. The van der Waals surface area contributed by atoms with Crippen LogP contribution in [0.15, 0.2) is 84.9 Å². The highest BCUT2D eigenvalue weighted by atomic mass is 14.7. The van der Waals surface area contributed by atoms with Crippen LogP contribution in [-0.2, 0) is 0 Å². The number of benzene rings is 4. The largest absolute Gasteiger partial charge is 0.247 e. The van der Waals surface area contributed by atoms with Crippen molar-refractivity contribution < 1.29 is 0 Å². The highest BCUT2D eigenvalue weighted by Crippen LogP contribution is 2.59. The Labute approximate surface area is 234 Å². The van der Waals surface area contributed by atoms with Crippen molar-refractivity contribution in [2.24, 2.45) is 0 Å². The van der Waals surface area contributed by atoms with Gasteiger partial charge in [-0.2, -0.15) is 0 Å². The fraction of sp³-hybridized carbons (Fsp3) is 0.263. The minimum Gasteiger partial charge on any atom is -0.247 e. The van der Waals surface area contributed by atoms with Crippen LogP contribution in [0.4, 0.5) is 0 Å². The Kier molecular flexibility index (Phi) is 4.23. The van der Waals surface area contributed by atoms with Crippen molar-refractivity contribution in [2.75, 3.05) is 0 Å². The molecule has 0 saturated heterocycles. The molecule has 4 aromatic carbocycles. The van der Waals surface area contributed by atoms with E-state index in [4.69, 9.17) is 9.97 Å². The van der Waals surface area contributed by atoms with Crippen LogP contribution in [-0.4, -0.2) is 9.97 Å². The first-order valence-electron chi connectivity index (χ1n) is 15.2. The summed E-state index contributed by atoms with van der Waals surface area (Å²) in [5.74, 6) is 2.67. The fourth-order valence-electron chi connectivity index (χ4n) is 9.29. The average molecular weight is 515 g/mol. The summed E-state index contributed by atoms with van der Waals surface area (Å²) in [4.78, 5) is 11.1. The first-order valence-corrected chi connectivity index (χ1v) is 15.2. The molecule has 0 amide bonds. The smallest absolute Gasteiger partial charge is 0.0791 e. The summed E-state index contributed by atoms with van der Waals surface area (Å²) in [6.45, 7) is 0. The van der Waals surface area contributed by atoms with Crippen LogP contribution in [0.5, 0.6) is 0 Å². The summed E-state index contributed by atoms with van der Waals surface area (Å²) in [6.07, 6.45) is 7.84. The molecule has 4 bridgehead atoms. The molecule has 192 valence electrons. The number of rotatable bonds is 2. The summed E-state index contributed by atoms with van der Waals surface area (Å²) >= 11 is 0. The van der Waals surface area contributed by atoms with Crippen molar-refractivity contribution in [3.05, 3.63) is 107 Å². The van der Waals surface area contributed by atoms with Gasteiger partial charge in [0.2, 0.25) is 0 Å². The molecule has 4 aliphatic carbocycles. The molecule has 40 heavy (non-hydrogen) atoms. The summed E-state index contributed by atoms with van der Waals surface area (Å²) in [5.41, 5.74) is 13.5. The van der Waals surface area contributed by atoms with Gasteiger partial charge in [-0.3, -0.25) is 0 Å². The molecular weight excluding hydrogens is 484 g/mol. The van der Waals surface area contributed by atoms with Gasteiger partial charge in [-0.05, 0) is 84.5 Å². The lowest BCUT2D eigenvalue weighted by atomic mass is 9.84. The van der Waals surface area contributed by atoms with Crippen molar-refractivity contribution in [1.29, 1.82) is 0 Å². The van der Waals surface area contributed by atoms with E-state index in [0.717, 1.165) is 11.0 Å². The molecule has 6 aromatic rings. The van der Waals surface area contributed by atoms with E-state index in [2.05, 4.69) is 84.9 Å². The maximum atomic E-state index is 5.53. The van der Waals surface area contributed by atoms with E-state index in [1.807, 2.05) is 0 Å². The van der Waals surface area contributed by atoms with Crippen LogP contribution in [0.25, 0.3) is 55.1 Å². The van der Waals surface area contributed by atoms with Gasteiger partial charge in [-0.1, -0.05) is 84.9 Å². The molecule has 2 saturated carbocycles. The molecule has 2 heteroatoms. The van der Waals surface area contributed by atoms with Crippen molar-refractivity contribution in [1.82, 2.24) is 9.97 Å². The lowest BCUT2D eigenvalue weighted by Gasteiger charge is -2.23. The molecule has 4 aliphatic rings. The van der Waals surface area contributed by atoms with Gasteiger partial charge in [0.1, 0.15) is 0 Å². The van der Waals surface area contributed by atoms with Crippen LogP contribution in [0, 0.1) is 0 Å². The fourth-order valence-corrected chi connectivity index (χ4v) is 9.29. The van der Waals surface area contributed by atoms with Gasteiger partial charge >= 0.3 is 0 Å². The maximum Gasteiger partial charge on any atom is 0.0791 e. The molecule has 0 spiro atoms. The van der Waals surface area contributed by atoms with Crippen molar-refractivity contribution in [3.63, 3.8) is 0 Å². The minimum absolute atomic E-state index is 0.660. The number of hydrogen-bond acceptors (Lipinski definition) is 2. The van der Waals surface area contributed by atoms with Crippen LogP contribution in [0.1, 0.15) is 84.5 Å². The van der Waals surface area contributed by atoms with Gasteiger partial charge < -0.3 is 0 Å². The van der Waals surface area contributed by atoms with E-state index >= 15 is 0 Å². The Morgan fingerprint density at radius 2 is 0.775 bits per heavy atom. The highest BCUT2D eigenvalue weighted by molar-refractivity contribution is 6.17. The molecule has 2 nitrogen and oxygen atoms in total. The Morgan fingerprint density at radius 1 is 0.400 bits per heavy atom. The molecular formula is C38H30N2. The SMILES string of the molecule is c1ccc(-c2nc3c(ccc4c3ccc3c5c(c(-c6ccccc6)nc34)C3CC[C@H]5C3)c3c2C2CCC3C2)cc1. The van der Waals surface area contributed by atoms with E-state index in [9.17, 15) is 0 Å². The summed E-state index contributed by atoms with van der Waals surface area (Å²) < 4.78 is 0. The highest BCUT2D eigenvalue weighted by Gasteiger charge is 2.42. The molecule has 0 N–H and O–H groups in total. The van der Waals surface area contributed by atoms with Crippen molar-refractivity contribution >= 4 is 32.6 Å². The normalized spacial score (nSPS) is 23.9. The monoisotopic (exact) mass is 514 g/mol. The molecule has 4 atom stereocenters. The Balaban J connectivity index is 1.32. The van der Waals surface area contributed by atoms with E-state index in [0.29, 0.717) is 23.7 Å². The van der Waals surface area contributed by atoms with E-state index in [-0.39, 0.29) is 0 Å². The molecule has 3 unspecified atom stereocenters. The summed E-state index contributed by atoms with van der Waals surface area (Å²) in [7, 11) is 0. The van der Waals surface area contributed by atoms with Gasteiger partial charge in [0.05, 0.1) is 22.4 Å². The number of hydrogen-bond donors (Lipinski definition) is 0. The quantitative estimate of drug-likeness (QED) is 0.215. The second-order valence-electron chi connectivity index (χ2n) is 12.7. The minimum atomic E-state index is 0.660. The standard InChI is InChI=1S/C38H30N2/c1-3-7-21(8-4-1)35-33-25-13-11-23(19-25)31(33)29-17-16-28-27(37(29)39-35)15-18-30-32-24-12-14-26(20-24)34(32)36(40-38(28)30)22-9-5-2-6-10-22/h1-10,15-18,23-26H,11-14,19-20H2/t23-,24?,25?,26?/m0/s1. The lowest BCUT2D eigenvalue weighted by molar-refractivity contribution is 0.720. The molecule has 0 aliphatic heterocycles. The third-order valence-corrected chi connectivity index (χ3v) is 10.9. The van der Waals surface area contributed by atoms with Crippen LogP contribution in [0.3, 0.4) is 0 Å². The predicted molar refractivity (Wildman–Crippen MR) is 164 cm³/mol. The first kappa shape index (κ1) is 21.7. The van der Waals surface area contributed by atoms with Gasteiger partial charge in [0, 0.05) is 32.7 Å². The first-order chi connectivity index (χ1) is 19.8. The molecule has 2 fully saturated rings. The molecule has 0 radical (unpaired) electrons. The zero-order valence-electron chi connectivity index (χ0n) is 22.5. The van der Waals surface area contributed by atoms with Crippen molar-refractivity contribution in [3.8, 4) is 22.5 Å². The molecule has 2 heterocycles. The van der Waals surface area contributed by atoms with Crippen LogP contribution in [0.2, 0.25) is 0 Å². The van der Waals surface area contributed by atoms with Crippen LogP contribution < -0.4 is 0 Å². The van der Waals surface area contributed by atoms with E-state index in [1.54, 1.807) is 11.1 Å². The summed E-state index contributed by atoms with van der Waals surface area (Å²) in [6, 6.07) is 31.3. The Hall–Kier alpha value is -4.04. The topological polar surface area (TPSA) is 25.8 Å². The third-order valence-electron chi connectivity index (χ3n) is 10.9. The van der Waals surface area contributed by atoms with Gasteiger partial charge in [0.15, 0.2) is 0 Å². The third kappa shape index (κ3) is 2.74. The zero-order valence-corrected chi connectivity index (χ0v) is 22.5. The van der Waals surface area contributed by atoms with E-state index in [1.165, 1.54) is 93.7 Å². The second-order valence-corrected chi connectivity index (χ2v) is 12.7. The number of pyridine rings is 2. The summed E-state index contributed by atoms with van der Waals surface area (Å²) in [5, 5.41) is 5.25. The van der Waals surface area contributed by atoms with E-state index < -0.39 is 0 Å². The van der Waals surface area contributed by atoms with Gasteiger partial charge in [-0.15, -0.1) is 0 Å². The van der Waals surface area contributed by atoms with Crippen molar-refractivity contribution in [2.45, 2.75) is 62.2 Å². The Morgan fingerprint density at radius 3 is 1.20 bits per heavy atom. The average Bonchev–Trinajstić information content (AvgIpc) is 3.83. The number of fused-ring (bicyclic) bond motifs is 17. The molecule has 2 aromatic heterocycles. The predicted octanol–water partition coefficient (Wildman–Crippen LogP) is 10.00. The molecule has 10 rings (SSSR count). The van der Waals surface area contributed by atoms with Gasteiger partial charge in [-0.25, -0.2) is 9.97 Å².